The molecule has 0 radical (unpaired) electrons. The van der Waals surface area contributed by atoms with Crippen LogP contribution in [-0.4, -0.2) is 45.5 Å². The summed E-state index contributed by atoms with van der Waals surface area (Å²) in [6.45, 7) is 0.594. The minimum Gasteiger partial charge on any atom is -0.491 e. The number of hydrogen-bond donors (Lipinski definition) is 2. The summed E-state index contributed by atoms with van der Waals surface area (Å²) in [5.41, 5.74) is 1.67. The van der Waals surface area contributed by atoms with E-state index >= 15 is 0 Å². The molecule has 2 N–H and O–H groups in total. The van der Waals surface area contributed by atoms with Crippen LogP contribution >= 0.6 is 11.6 Å². The Bertz CT molecular complexity index is 932. The van der Waals surface area contributed by atoms with Crippen molar-refractivity contribution in [3.63, 3.8) is 0 Å². The monoisotopic (exact) mass is 409 g/mol. The highest BCUT2D eigenvalue weighted by atomic mass is 35.5. The smallest absolute Gasteiger partial charge is 0.232 e. The molecule has 0 saturated heterocycles. The topological polar surface area (TPSA) is 91.2 Å². The average molecular weight is 410 g/mol. The summed E-state index contributed by atoms with van der Waals surface area (Å²) < 4.78 is 31.4. The summed E-state index contributed by atoms with van der Waals surface area (Å²) in [7, 11) is -3.48. The number of nitrogens with zero attached hydrogens (tertiary/aromatic N) is 2. The normalized spacial score (nSPS) is 16.9. The van der Waals surface area contributed by atoms with Crippen LogP contribution in [0.15, 0.2) is 53.5 Å². The summed E-state index contributed by atoms with van der Waals surface area (Å²) in [6.07, 6.45) is 1.09. The zero-order valence-electron chi connectivity index (χ0n) is 14.7. The number of halogens is 1. The van der Waals surface area contributed by atoms with Gasteiger partial charge in [-0.05, 0) is 42.0 Å². The molecule has 0 unspecified atom stereocenters. The van der Waals surface area contributed by atoms with Gasteiger partial charge in [-0.1, -0.05) is 23.7 Å². The number of rotatable bonds is 6. The van der Waals surface area contributed by atoms with Crippen LogP contribution in [0, 0.1) is 0 Å². The van der Waals surface area contributed by atoms with E-state index in [2.05, 4.69) is 9.71 Å². The fraction of sp³-hybridized carbons (Fsp3) is 0.278. The third-order valence-electron chi connectivity index (χ3n) is 3.91. The van der Waals surface area contributed by atoms with Crippen molar-refractivity contribution in [3.8, 4) is 5.75 Å². The summed E-state index contributed by atoms with van der Waals surface area (Å²) in [6, 6.07) is 14.2. The van der Waals surface area contributed by atoms with E-state index in [-0.39, 0.29) is 25.2 Å². The SMILES string of the molecule is CS(=O)(=O)NC1=N[C@@H](c2cccc(OCCO)c2)CN1c1ccc(Cl)cc1. The Balaban J connectivity index is 1.90. The Morgan fingerprint density at radius 1 is 1.30 bits per heavy atom. The maximum atomic E-state index is 11.8. The first kappa shape index (κ1) is 19.5. The van der Waals surface area contributed by atoms with Gasteiger partial charge in [0.1, 0.15) is 12.4 Å². The molecule has 27 heavy (non-hydrogen) atoms. The van der Waals surface area contributed by atoms with Crippen LogP contribution in [0.2, 0.25) is 5.02 Å². The number of ether oxygens (including phenoxy) is 1. The summed E-state index contributed by atoms with van der Waals surface area (Å²) in [5, 5.41) is 9.50. The van der Waals surface area contributed by atoms with Gasteiger partial charge in [-0.3, -0.25) is 4.72 Å². The van der Waals surface area contributed by atoms with Crippen molar-refractivity contribution in [3.05, 3.63) is 59.1 Å². The van der Waals surface area contributed by atoms with E-state index in [1.807, 2.05) is 30.3 Å². The van der Waals surface area contributed by atoms with Crippen LogP contribution in [0.5, 0.6) is 5.75 Å². The summed E-state index contributed by atoms with van der Waals surface area (Å²) >= 11 is 5.95. The molecular weight excluding hydrogens is 390 g/mol. The number of anilines is 1. The predicted molar refractivity (Wildman–Crippen MR) is 106 cm³/mol. The Hall–Kier alpha value is -2.29. The molecular formula is C18H20ClN3O4S. The molecule has 1 aliphatic heterocycles. The number of benzene rings is 2. The van der Waals surface area contributed by atoms with Crippen LogP contribution in [0.25, 0.3) is 0 Å². The van der Waals surface area contributed by atoms with Gasteiger partial charge in [0.2, 0.25) is 16.0 Å². The first-order chi connectivity index (χ1) is 12.9. The lowest BCUT2D eigenvalue weighted by Crippen LogP contribution is -2.41. The van der Waals surface area contributed by atoms with Gasteiger partial charge in [-0.25, -0.2) is 13.4 Å². The lowest BCUT2D eigenvalue weighted by Gasteiger charge is -2.21. The average Bonchev–Trinajstić information content (AvgIpc) is 3.03. The Labute approximate surface area is 163 Å². The van der Waals surface area contributed by atoms with E-state index < -0.39 is 10.0 Å². The molecule has 1 atom stereocenters. The summed E-state index contributed by atoms with van der Waals surface area (Å²) in [4.78, 5) is 6.35. The van der Waals surface area contributed by atoms with Gasteiger partial charge < -0.3 is 14.7 Å². The second kappa shape index (κ2) is 8.16. The zero-order chi connectivity index (χ0) is 19.4. The minimum atomic E-state index is -3.48. The van der Waals surface area contributed by atoms with E-state index in [0.717, 1.165) is 17.5 Å². The molecule has 0 aliphatic carbocycles. The second-order valence-electron chi connectivity index (χ2n) is 6.07. The van der Waals surface area contributed by atoms with Crippen LogP contribution in [0.3, 0.4) is 0 Å². The Morgan fingerprint density at radius 2 is 2.04 bits per heavy atom. The fourth-order valence-corrected chi connectivity index (χ4v) is 3.39. The number of sulfonamides is 1. The molecule has 0 spiro atoms. The molecule has 144 valence electrons. The van der Waals surface area contributed by atoms with Gasteiger partial charge >= 0.3 is 0 Å². The van der Waals surface area contributed by atoms with Crippen molar-refractivity contribution in [2.45, 2.75) is 6.04 Å². The van der Waals surface area contributed by atoms with Crippen LogP contribution < -0.4 is 14.4 Å². The van der Waals surface area contributed by atoms with Crippen LogP contribution in [-0.2, 0) is 10.0 Å². The maximum Gasteiger partial charge on any atom is 0.232 e. The number of hydrogen-bond acceptors (Lipinski definition) is 6. The van der Waals surface area contributed by atoms with Crippen molar-refractivity contribution in [1.82, 2.24) is 4.72 Å². The van der Waals surface area contributed by atoms with E-state index in [0.29, 0.717) is 17.3 Å². The number of aliphatic imine (C=N–C) groups is 1. The lowest BCUT2D eigenvalue weighted by molar-refractivity contribution is 0.201. The van der Waals surface area contributed by atoms with Gasteiger partial charge in [0.15, 0.2) is 0 Å². The molecule has 0 saturated carbocycles. The summed E-state index contributed by atoms with van der Waals surface area (Å²) in [5.74, 6) is 0.880. The lowest BCUT2D eigenvalue weighted by atomic mass is 10.1. The Kier molecular flexibility index (Phi) is 5.88. The molecule has 7 nitrogen and oxygen atoms in total. The predicted octanol–water partition coefficient (Wildman–Crippen LogP) is 2.18. The molecule has 9 heteroatoms. The highest BCUT2D eigenvalue weighted by Gasteiger charge is 2.29. The van der Waals surface area contributed by atoms with E-state index in [1.54, 1.807) is 23.1 Å². The number of nitrogens with one attached hydrogen (secondary N) is 1. The van der Waals surface area contributed by atoms with Gasteiger partial charge in [-0.2, -0.15) is 0 Å². The molecule has 3 rings (SSSR count). The second-order valence-corrected chi connectivity index (χ2v) is 8.26. The molecule has 0 aromatic heterocycles. The van der Waals surface area contributed by atoms with Gasteiger partial charge in [0.05, 0.1) is 25.4 Å². The standard InChI is InChI=1S/C18H20ClN3O4S/c1-27(24,25)21-18-20-17(12-22(18)15-7-5-14(19)6-8-15)13-3-2-4-16(11-13)26-10-9-23/h2-8,11,17,23H,9-10,12H2,1H3,(H,20,21)/t17-/m1/s1. The first-order valence-electron chi connectivity index (χ1n) is 8.28. The van der Waals surface area contributed by atoms with Crippen molar-refractivity contribution in [2.75, 3.05) is 30.9 Å². The number of aliphatic hydroxyl groups excluding tert-OH is 1. The molecule has 2 aromatic rings. The molecule has 1 heterocycles. The maximum absolute atomic E-state index is 11.8. The van der Waals surface area contributed by atoms with Crippen molar-refractivity contribution in [1.29, 1.82) is 0 Å². The van der Waals surface area contributed by atoms with Crippen LogP contribution in [0.1, 0.15) is 11.6 Å². The third kappa shape index (κ3) is 5.12. The van der Waals surface area contributed by atoms with Crippen molar-refractivity contribution in [2.24, 2.45) is 4.99 Å². The van der Waals surface area contributed by atoms with Gasteiger partial charge in [-0.15, -0.1) is 0 Å². The van der Waals surface area contributed by atoms with Crippen molar-refractivity contribution >= 4 is 33.3 Å². The fourth-order valence-electron chi connectivity index (χ4n) is 2.77. The molecule has 0 amide bonds. The van der Waals surface area contributed by atoms with Gasteiger partial charge in [0, 0.05) is 10.7 Å². The highest BCUT2D eigenvalue weighted by molar-refractivity contribution is 7.89. The van der Waals surface area contributed by atoms with Crippen LogP contribution in [0.4, 0.5) is 5.69 Å². The Morgan fingerprint density at radius 3 is 2.70 bits per heavy atom. The molecule has 0 bridgehead atoms. The highest BCUT2D eigenvalue weighted by Crippen LogP contribution is 2.30. The number of guanidine groups is 1. The first-order valence-corrected chi connectivity index (χ1v) is 10.5. The molecule has 0 fully saturated rings. The third-order valence-corrected chi connectivity index (χ3v) is 4.71. The van der Waals surface area contributed by atoms with E-state index in [1.165, 1.54) is 0 Å². The van der Waals surface area contributed by atoms with E-state index in [4.69, 9.17) is 21.4 Å². The largest absolute Gasteiger partial charge is 0.491 e. The zero-order valence-corrected chi connectivity index (χ0v) is 16.2. The molecule has 1 aliphatic rings. The number of aliphatic hydroxyl groups is 1. The van der Waals surface area contributed by atoms with Crippen molar-refractivity contribution < 1.29 is 18.3 Å². The van der Waals surface area contributed by atoms with Gasteiger partial charge in [0.25, 0.3) is 0 Å². The van der Waals surface area contributed by atoms with E-state index in [9.17, 15) is 8.42 Å². The quantitative estimate of drug-likeness (QED) is 0.763. The minimum absolute atomic E-state index is 0.0709. The molecule has 2 aromatic carbocycles.